The Hall–Kier alpha value is -3.76. The molecule has 1 aliphatic rings. The van der Waals surface area contributed by atoms with Crippen LogP contribution in [0.4, 0.5) is 5.69 Å². The van der Waals surface area contributed by atoms with Gasteiger partial charge in [0, 0.05) is 11.1 Å². The van der Waals surface area contributed by atoms with Crippen molar-refractivity contribution in [3.63, 3.8) is 0 Å². The number of ketones is 1. The van der Waals surface area contributed by atoms with Crippen LogP contribution >= 0.6 is 0 Å². The zero-order valence-corrected chi connectivity index (χ0v) is 17.8. The minimum Gasteiger partial charge on any atom is -0.375 e. The molecule has 0 fully saturated rings. The maximum Gasteiger partial charge on any atom is 0.264 e. The molecule has 1 heterocycles. The van der Waals surface area contributed by atoms with E-state index in [0.29, 0.717) is 23.4 Å². The zero-order valence-electron chi connectivity index (χ0n) is 17.8. The molecule has 4 nitrogen and oxygen atoms in total. The van der Waals surface area contributed by atoms with E-state index in [0.717, 1.165) is 21.9 Å². The third-order valence-electron chi connectivity index (χ3n) is 6.24. The van der Waals surface area contributed by atoms with Crippen molar-refractivity contribution < 1.29 is 14.7 Å². The van der Waals surface area contributed by atoms with Crippen LogP contribution in [0.3, 0.4) is 0 Å². The van der Waals surface area contributed by atoms with Crippen molar-refractivity contribution in [2.24, 2.45) is 0 Å². The number of hydrogen-bond donors (Lipinski definition) is 1. The molecular formula is C28H23NO3. The van der Waals surface area contributed by atoms with E-state index in [2.05, 4.69) is 0 Å². The second-order valence-corrected chi connectivity index (χ2v) is 8.37. The van der Waals surface area contributed by atoms with Gasteiger partial charge in [0.15, 0.2) is 11.4 Å². The number of benzene rings is 4. The summed E-state index contributed by atoms with van der Waals surface area (Å²) in [7, 11) is 0. The van der Waals surface area contributed by atoms with E-state index in [9.17, 15) is 14.7 Å². The van der Waals surface area contributed by atoms with Crippen LogP contribution in [0.25, 0.3) is 10.8 Å². The summed E-state index contributed by atoms with van der Waals surface area (Å²) in [6.07, 6.45) is -0.294. The Kier molecular flexibility index (Phi) is 4.87. The van der Waals surface area contributed by atoms with Crippen molar-refractivity contribution in [2.75, 3.05) is 4.90 Å². The van der Waals surface area contributed by atoms with Crippen molar-refractivity contribution >= 4 is 28.2 Å². The predicted molar refractivity (Wildman–Crippen MR) is 126 cm³/mol. The summed E-state index contributed by atoms with van der Waals surface area (Å²) in [6.45, 7) is 2.27. The molecule has 5 rings (SSSR count). The monoisotopic (exact) mass is 421 g/mol. The molecule has 0 aromatic heterocycles. The Morgan fingerprint density at radius 2 is 1.56 bits per heavy atom. The predicted octanol–water partition coefficient (Wildman–Crippen LogP) is 5.16. The summed E-state index contributed by atoms with van der Waals surface area (Å²) in [5, 5.41) is 13.7. The highest BCUT2D eigenvalue weighted by Gasteiger charge is 2.50. The van der Waals surface area contributed by atoms with E-state index in [1.165, 1.54) is 0 Å². The number of amides is 1. The molecule has 1 unspecified atom stereocenters. The van der Waals surface area contributed by atoms with E-state index in [-0.39, 0.29) is 12.2 Å². The van der Waals surface area contributed by atoms with Gasteiger partial charge in [-0.3, -0.25) is 9.59 Å². The highest BCUT2D eigenvalue weighted by atomic mass is 16.3. The fraction of sp³-hybridized carbons (Fsp3) is 0.143. The minimum absolute atomic E-state index is 0.261. The summed E-state index contributed by atoms with van der Waals surface area (Å²) in [5.41, 5.74) is 1.75. The molecule has 0 spiro atoms. The number of anilines is 1. The number of Topliss-reactive ketones (excluding diaryl/α,β-unsaturated/α-hetero) is 1. The van der Waals surface area contributed by atoms with Crippen LogP contribution < -0.4 is 4.90 Å². The summed E-state index contributed by atoms with van der Waals surface area (Å²) < 4.78 is 0. The maximum atomic E-state index is 13.6. The van der Waals surface area contributed by atoms with Gasteiger partial charge in [-0.25, -0.2) is 0 Å². The number of fused-ring (bicyclic) bond motifs is 2. The number of hydrogen-bond acceptors (Lipinski definition) is 3. The first-order valence-electron chi connectivity index (χ1n) is 10.7. The van der Waals surface area contributed by atoms with Gasteiger partial charge < -0.3 is 10.0 Å². The second-order valence-electron chi connectivity index (χ2n) is 8.37. The molecule has 0 saturated heterocycles. The first-order chi connectivity index (χ1) is 15.5. The lowest BCUT2D eigenvalue weighted by Crippen LogP contribution is -2.41. The maximum absolute atomic E-state index is 13.6. The number of carbonyl (C=O) groups excluding carboxylic acids is 2. The quantitative estimate of drug-likeness (QED) is 0.453. The van der Waals surface area contributed by atoms with E-state index in [4.69, 9.17) is 0 Å². The van der Waals surface area contributed by atoms with Crippen molar-refractivity contribution in [1.29, 1.82) is 0 Å². The topological polar surface area (TPSA) is 57.6 Å². The molecule has 0 aliphatic carbocycles. The molecule has 0 saturated carbocycles. The van der Waals surface area contributed by atoms with Crippen LogP contribution in [0.5, 0.6) is 0 Å². The van der Waals surface area contributed by atoms with Crippen LogP contribution in [-0.4, -0.2) is 16.8 Å². The molecule has 0 bridgehead atoms. The van der Waals surface area contributed by atoms with Gasteiger partial charge in [-0.15, -0.1) is 0 Å². The molecule has 4 aromatic carbocycles. The van der Waals surface area contributed by atoms with Crippen LogP contribution in [0.2, 0.25) is 0 Å². The second kappa shape index (κ2) is 7.74. The Labute approximate surface area is 186 Å². The summed E-state index contributed by atoms with van der Waals surface area (Å²) in [5.74, 6) is -0.727. The molecule has 0 radical (unpaired) electrons. The zero-order chi connectivity index (χ0) is 22.3. The van der Waals surface area contributed by atoms with Crippen molar-refractivity contribution in [3.05, 3.63) is 113 Å². The smallest absolute Gasteiger partial charge is 0.264 e. The molecule has 1 amide bonds. The third kappa shape index (κ3) is 3.29. The number of carbonyl (C=O) groups is 2. The van der Waals surface area contributed by atoms with E-state index in [1.54, 1.807) is 29.2 Å². The Morgan fingerprint density at radius 3 is 2.38 bits per heavy atom. The highest BCUT2D eigenvalue weighted by Crippen LogP contribution is 2.43. The third-order valence-corrected chi connectivity index (χ3v) is 6.24. The highest BCUT2D eigenvalue weighted by molar-refractivity contribution is 6.11. The molecule has 1 N–H and O–H groups in total. The van der Waals surface area contributed by atoms with Crippen molar-refractivity contribution in [3.8, 4) is 0 Å². The number of para-hydroxylation sites is 1. The first kappa shape index (κ1) is 20.2. The Balaban J connectivity index is 1.51. The van der Waals surface area contributed by atoms with Gasteiger partial charge in [-0.2, -0.15) is 0 Å². The molecule has 4 heteroatoms. The number of aryl methyl sites for hydroxylation is 1. The van der Waals surface area contributed by atoms with Gasteiger partial charge in [0.25, 0.3) is 5.91 Å². The molecule has 32 heavy (non-hydrogen) atoms. The molecule has 158 valence electrons. The lowest BCUT2D eigenvalue weighted by atomic mass is 9.88. The largest absolute Gasteiger partial charge is 0.375 e. The van der Waals surface area contributed by atoms with Crippen LogP contribution in [0.15, 0.2) is 91.0 Å². The van der Waals surface area contributed by atoms with E-state index in [1.807, 2.05) is 73.7 Å². The summed E-state index contributed by atoms with van der Waals surface area (Å²) in [4.78, 5) is 28.1. The Morgan fingerprint density at radius 1 is 0.875 bits per heavy atom. The number of aliphatic hydroxyl groups is 1. The van der Waals surface area contributed by atoms with E-state index >= 15 is 0 Å². The average Bonchev–Trinajstić information content (AvgIpc) is 3.01. The number of rotatable bonds is 5. The van der Waals surface area contributed by atoms with Crippen LogP contribution in [0, 0.1) is 6.92 Å². The minimum atomic E-state index is -1.89. The fourth-order valence-corrected chi connectivity index (χ4v) is 4.51. The standard InChI is InChI=1S/C28H23NO3/c1-19-13-15-21(16-14-19)26(30)17-28(32)24-11-4-5-12-25(24)29(27(28)31)18-22-9-6-8-20-7-2-3-10-23(20)22/h2-16,32H,17-18H2,1H3. The molecular weight excluding hydrogens is 398 g/mol. The lowest BCUT2D eigenvalue weighted by molar-refractivity contribution is -0.136. The normalized spacial score (nSPS) is 17.6. The average molecular weight is 421 g/mol. The van der Waals surface area contributed by atoms with Crippen LogP contribution in [-0.2, 0) is 16.9 Å². The van der Waals surface area contributed by atoms with Gasteiger partial charge >= 0.3 is 0 Å². The lowest BCUT2D eigenvalue weighted by Gasteiger charge is -2.23. The fourth-order valence-electron chi connectivity index (χ4n) is 4.51. The van der Waals surface area contributed by atoms with Gasteiger partial charge in [-0.05, 0) is 29.3 Å². The van der Waals surface area contributed by atoms with Crippen molar-refractivity contribution in [1.82, 2.24) is 0 Å². The van der Waals surface area contributed by atoms with Crippen molar-refractivity contribution in [2.45, 2.75) is 25.5 Å². The van der Waals surface area contributed by atoms with Gasteiger partial charge in [0.2, 0.25) is 0 Å². The summed E-state index contributed by atoms with van der Waals surface area (Å²) >= 11 is 0. The van der Waals surface area contributed by atoms with Gasteiger partial charge in [0.05, 0.1) is 18.7 Å². The first-order valence-corrected chi connectivity index (χ1v) is 10.7. The van der Waals surface area contributed by atoms with Crippen LogP contribution in [0.1, 0.15) is 33.5 Å². The molecule has 4 aromatic rings. The molecule has 1 atom stereocenters. The molecule has 1 aliphatic heterocycles. The van der Waals surface area contributed by atoms with Gasteiger partial charge in [-0.1, -0.05) is 90.5 Å². The summed E-state index contributed by atoms with van der Waals surface area (Å²) in [6, 6.07) is 28.4. The Bertz CT molecular complexity index is 1340. The SMILES string of the molecule is Cc1ccc(C(=O)CC2(O)C(=O)N(Cc3cccc4ccccc34)c3ccccc32)cc1. The number of nitrogens with zero attached hydrogens (tertiary/aromatic N) is 1. The van der Waals surface area contributed by atoms with E-state index < -0.39 is 11.5 Å². The van der Waals surface area contributed by atoms with Gasteiger partial charge in [0.1, 0.15) is 0 Å².